The highest BCUT2D eigenvalue weighted by molar-refractivity contribution is 7.20. The zero-order valence-electron chi connectivity index (χ0n) is 8.98. The van der Waals surface area contributed by atoms with Gasteiger partial charge in [-0.1, -0.05) is 30.1 Å². The molecule has 3 nitrogen and oxygen atoms in total. The van der Waals surface area contributed by atoms with Crippen molar-refractivity contribution in [3.63, 3.8) is 0 Å². The first-order valence-corrected chi connectivity index (χ1v) is 6.66. The maximum absolute atomic E-state index is 11.6. The Morgan fingerprint density at radius 3 is 2.75 bits per heavy atom. The van der Waals surface area contributed by atoms with E-state index in [1.165, 1.54) is 11.3 Å². The van der Waals surface area contributed by atoms with Crippen LogP contribution in [0.1, 0.15) is 23.7 Å². The van der Waals surface area contributed by atoms with Gasteiger partial charge in [-0.05, 0) is 25.6 Å². The normalized spacial score (nSPS) is 10.4. The summed E-state index contributed by atoms with van der Waals surface area (Å²) in [5.41, 5.74) is 0.458. The lowest BCUT2D eigenvalue weighted by Gasteiger charge is -2.04. The van der Waals surface area contributed by atoms with E-state index < -0.39 is 0 Å². The number of amides is 1. The lowest BCUT2D eigenvalue weighted by molar-refractivity contribution is 0.0954. The minimum atomic E-state index is -0.162. The van der Waals surface area contributed by atoms with E-state index in [0.29, 0.717) is 20.8 Å². The summed E-state index contributed by atoms with van der Waals surface area (Å²) in [6, 6.07) is 1.59. The predicted molar refractivity (Wildman–Crippen MR) is 69.8 cm³/mol. The van der Waals surface area contributed by atoms with Gasteiger partial charge in [-0.25, -0.2) is 0 Å². The molecule has 0 fully saturated rings. The van der Waals surface area contributed by atoms with E-state index in [2.05, 4.69) is 10.6 Å². The molecule has 0 saturated heterocycles. The summed E-state index contributed by atoms with van der Waals surface area (Å²) < 4.78 is 0.969. The molecule has 6 heteroatoms. The van der Waals surface area contributed by atoms with Crippen LogP contribution in [0.3, 0.4) is 0 Å². The van der Waals surface area contributed by atoms with Crippen LogP contribution in [0.15, 0.2) is 6.07 Å². The molecule has 1 amide bonds. The van der Waals surface area contributed by atoms with Crippen LogP contribution in [0, 0.1) is 0 Å². The Bertz CT molecular complexity index is 355. The van der Waals surface area contributed by atoms with Gasteiger partial charge < -0.3 is 10.6 Å². The third-order valence-electron chi connectivity index (χ3n) is 1.97. The number of thiophene rings is 1. The van der Waals surface area contributed by atoms with Crippen molar-refractivity contribution in [2.75, 3.05) is 19.6 Å². The summed E-state index contributed by atoms with van der Waals surface area (Å²) in [4.78, 5) is 11.6. The molecule has 0 atom stereocenters. The Kier molecular flexibility index (Phi) is 6.13. The zero-order chi connectivity index (χ0) is 12.0. The van der Waals surface area contributed by atoms with Crippen molar-refractivity contribution in [3.05, 3.63) is 20.3 Å². The molecule has 0 aromatic carbocycles. The minimum Gasteiger partial charge on any atom is -0.352 e. The van der Waals surface area contributed by atoms with Crippen molar-refractivity contribution >= 4 is 40.4 Å². The molecule has 0 saturated carbocycles. The van der Waals surface area contributed by atoms with Crippen molar-refractivity contribution in [2.45, 2.75) is 13.3 Å². The molecule has 0 unspecified atom stereocenters. The number of rotatable bonds is 6. The van der Waals surface area contributed by atoms with Crippen LogP contribution in [0.2, 0.25) is 8.67 Å². The molecule has 16 heavy (non-hydrogen) atoms. The minimum absolute atomic E-state index is 0.162. The van der Waals surface area contributed by atoms with Crippen LogP contribution in [0.25, 0.3) is 0 Å². The van der Waals surface area contributed by atoms with E-state index in [4.69, 9.17) is 23.2 Å². The molecule has 0 aliphatic carbocycles. The van der Waals surface area contributed by atoms with Crippen molar-refractivity contribution in [3.8, 4) is 0 Å². The first-order valence-electron chi connectivity index (χ1n) is 5.09. The maximum atomic E-state index is 11.6. The standard InChI is InChI=1S/C10H14Cl2N2OS/c1-2-13-4-3-5-14-10(15)7-6-8(11)16-9(7)12/h6,13H,2-5H2,1H3,(H,14,15). The summed E-state index contributed by atoms with van der Waals surface area (Å²) in [5, 5.41) is 5.98. The monoisotopic (exact) mass is 280 g/mol. The van der Waals surface area contributed by atoms with Gasteiger partial charge in [0.1, 0.15) is 4.34 Å². The Morgan fingerprint density at radius 1 is 1.44 bits per heavy atom. The van der Waals surface area contributed by atoms with Gasteiger partial charge in [-0.3, -0.25) is 4.79 Å². The van der Waals surface area contributed by atoms with E-state index in [0.717, 1.165) is 19.5 Å². The van der Waals surface area contributed by atoms with Crippen LogP contribution >= 0.6 is 34.5 Å². The van der Waals surface area contributed by atoms with Crippen molar-refractivity contribution in [2.24, 2.45) is 0 Å². The van der Waals surface area contributed by atoms with Crippen LogP contribution < -0.4 is 10.6 Å². The fraction of sp³-hybridized carbons (Fsp3) is 0.500. The predicted octanol–water partition coefficient (Wildman–Crippen LogP) is 2.78. The smallest absolute Gasteiger partial charge is 0.253 e. The quantitative estimate of drug-likeness (QED) is 0.787. The van der Waals surface area contributed by atoms with Crippen LogP contribution in [-0.2, 0) is 0 Å². The Balaban J connectivity index is 2.33. The van der Waals surface area contributed by atoms with Gasteiger partial charge in [0.15, 0.2) is 0 Å². The topological polar surface area (TPSA) is 41.1 Å². The van der Waals surface area contributed by atoms with E-state index >= 15 is 0 Å². The third-order valence-corrected chi connectivity index (χ3v) is 3.45. The number of carbonyl (C=O) groups excluding carboxylic acids is 1. The largest absolute Gasteiger partial charge is 0.352 e. The van der Waals surface area contributed by atoms with Gasteiger partial charge >= 0.3 is 0 Å². The molecular weight excluding hydrogens is 267 g/mol. The number of nitrogens with one attached hydrogen (secondary N) is 2. The molecule has 0 bridgehead atoms. The SMILES string of the molecule is CCNCCCNC(=O)c1cc(Cl)sc1Cl. The van der Waals surface area contributed by atoms with Gasteiger partial charge in [-0.15, -0.1) is 11.3 Å². The van der Waals surface area contributed by atoms with Crippen molar-refractivity contribution in [1.29, 1.82) is 0 Å². The summed E-state index contributed by atoms with van der Waals surface area (Å²) >= 11 is 12.8. The van der Waals surface area contributed by atoms with Gasteiger partial charge in [-0.2, -0.15) is 0 Å². The van der Waals surface area contributed by atoms with Gasteiger partial charge in [0.25, 0.3) is 5.91 Å². The van der Waals surface area contributed by atoms with Gasteiger partial charge in [0, 0.05) is 6.54 Å². The summed E-state index contributed by atoms with van der Waals surface area (Å²) in [6.07, 6.45) is 0.898. The average Bonchev–Trinajstić information content (AvgIpc) is 2.57. The molecule has 1 aromatic heterocycles. The second-order valence-electron chi connectivity index (χ2n) is 3.20. The second kappa shape index (κ2) is 7.12. The van der Waals surface area contributed by atoms with Crippen LogP contribution in [0.4, 0.5) is 0 Å². The summed E-state index contributed by atoms with van der Waals surface area (Å²) in [5.74, 6) is -0.162. The average molecular weight is 281 g/mol. The molecule has 0 aliphatic rings. The first-order chi connectivity index (χ1) is 7.65. The Labute approximate surface area is 109 Å². The molecule has 1 heterocycles. The molecule has 1 aromatic rings. The summed E-state index contributed by atoms with van der Waals surface area (Å²) in [6.45, 7) is 4.52. The lowest BCUT2D eigenvalue weighted by atomic mass is 10.3. The molecule has 0 aliphatic heterocycles. The number of hydrogen-bond acceptors (Lipinski definition) is 3. The van der Waals surface area contributed by atoms with Crippen molar-refractivity contribution in [1.82, 2.24) is 10.6 Å². The highest BCUT2D eigenvalue weighted by atomic mass is 35.5. The van der Waals surface area contributed by atoms with E-state index in [9.17, 15) is 4.79 Å². The molecular formula is C10H14Cl2N2OS. The van der Waals surface area contributed by atoms with E-state index in [1.807, 2.05) is 6.92 Å². The summed E-state index contributed by atoms with van der Waals surface area (Å²) in [7, 11) is 0. The van der Waals surface area contributed by atoms with Crippen LogP contribution in [0.5, 0.6) is 0 Å². The van der Waals surface area contributed by atoms with Gasteiger partial charge in [0.05, 0.1) is 9.90 Å². The number of carbonyl (C=O) groups is 1. The highest BCUT2D eigenvalue weighted by Crippen LogP contribution is 2.30. The van der Waals surface area contributed by atoms with E-state index in [1.54, 1.807) is 6.07 Å². The number of halogens is 2. The van der Waals surface area contributed by atoms with Gasteiger partial charge in [0.2, 0.25) is 0 Å². The lowest BCUT2D eigenvalue weighted by Crippen LogP contribution is -2.27. The molecule has 90 valence electrons. The zero-order valence-corrected chi connectivity index (χ0v) is 11.3. The first kappa shape index (κ1) is 13.8. The maximum Gasteiger partial charge on any atom is 0.253 e. The Hall–Kier alpha value is -0.290. The molecule has 2 N–H and O–H groups in total. The molecule has 0 spiro atoms. The third kappa shape index (κ3) is 4.29. The molecule has 0 radical (unpaired) electrons. The fourth-order valence-electron chi connectivity index (χ4n) is 1.18. The second-order valence-corrected chi connectivity index (χ2v) is 5.49. The van der Waals surface area contributed by atoms with E-state index in [-0.39, 0.29) is 5.91 Å². The number of hydrogen-bond donors (Lipinski definition) is 2. The van der Waals surface area contributed by atoms with Crippen molar-refractivity contribution < 1.29 is 4.79 Å². The molecule has 1 rings (SSSR count). The highest BCUT2D eigenvalue weighted by Gasteiger charge is 2.13. The van der Waals surface area contributed by atoms with Crippen LogP contribution in [-0.4, -0.2) is 25.5 Å². The Morgan fingerprint density at radius 2 is 2.19 bits per heavy atom. The fourth-order valence-corrected chi connectivity index (χ4v) is 2.64.